The summed E-state index contributed by atoms with van der Waals surface area (Å²) in [5.74, 6) is 0.951. The maximum Gasteiger partial charge on any atom is 0.125 e. The van der Waals surface area contributed by atoms with E-state index in [1.807, 2.05) is 6.07 Å². The molecule has 0 fully saturated rings. The number of hydrogen-bond acceptors (Lipinski definition) is 2. The van der Waals surface area contributed by atoms with Gasteiger partial charge in [-0.1, -0.05) is 40.6 Å². The van der Waals surface area contributed by atoms with Gasteiger partial charge in [-0.25, -0.2) is 0 Å². The van der Waals surface area contributed by atoms with Gasteiger partial charge in [0.05, 0.1) is 13.2 Å². The Labute approximate surface area is 124 Å². The minimum Gasteiger partial charge on any atom is -0.496 e. The zero-order chi connectivity index (χ0) is 13.7. The molecule has 0 heterocycles. The van der Waals surface area contributed by atoms with Crippen LogP contribution in [0, 0.1) is 0 Å². The van der Waals surface area contributed by atoms with Crippen LogP contribution >= 0.6 is 15.9 Å². The lowest BCUT2D eigenvalue weighted by Crippen LogP contribution is -2.24. The average molecular weight is 324 g/mol. The van der Waals surface area contributed by atoms with Crippen molar-refractivity contribution in [3.63, 3.8) is 0 Å². The van der Waals surface area contributed by atoms with Gasteiger partial charge in [0.2, 0.25) is 0 Å². The monoisotopic (exact) mass is 323 g/mol. The van der Waals surface area contributed by atoms with Gasteiger partial charge in [-0.15, -0.1) is 0 Å². The summed E-state index contributed by atoms with van der Waals surface area (Å²) in [7, 11) is 1.74. The number of likely N-dealkylation sites (N-methyl/N-ethyl adjacent to an activating group) is 1. The normalized spacial score (nSPS) is 16.9. The molecule has 19 heavy (non-hydrogen) atoms. The summed E-state index contributed by atoms with van der Waals surface area (Å²) in [4.78, 5) is 0. The lowest BCUT2D eigenvalue weighted by Gasteiger charge is -2.26. The molecule has 0 aromatic heterocycles. The summed E-state index contributed by atoms with van der Waals surface area (Å²) in [5, 5.41) is 3.60. The van der Waals surface area contributed by atoms with Gasteiger partial charge >= 0.3 is 0 Å². The molecule has 2 nitrogen and oxygen atoms in total. The van der Waals surface area contributed by atoms with Gasteiger partial charge in [-0.05, 0) is 44.4 Å². The average Bonchev–Trinajstić information content (AvgIpc) is 2.46. The quantitative estimate of drug-likeness (QED) is 0.799. The molecule has 3 heteroatoms. The Bertz CT molecular complexity index is 456. The van der Waals surface area contributed by atoms with E-state index in [-0.39, 0.29) is 6.04 Å². The van der Waals surface area contributed by atoms with Crippen molar-refractivity contribution in [1.29, 1.82) is 0 Å². The number of allylic oxidation sites excluding steroid dienone is 1. The second-order valence-corrected chi connectivity index (χ2v) is 5.82. The minimum atomic E-state index is 0.286. The summed E-state index contributed by atoms with van der Waals surface area (Å²) < 4.78 is 6.60. The van der Waals surface area contributed by atoms with Crippen LogP contribution in [0.5, 0.6) is 5.75 Å². The van der Waals surface area contributed by atoms with Crippen LogP contribution in [-0.4, -0.2) is 13.7 Å². The SMILES string of the molecule is CCNC(C1=CCCCC1)c1ccc(Br)cc1OC. The first-order valence-corrected chi connectivity index (χ1v) is 7.81. The largest absolute Gasteiger partial charge is 0.496 e. The number of halogens is 1. The van der Waals surface area contributed by atoms with E-state index in [2.05, 4.69) is 46.4 Å². The van der Waals surface area contributed by atoms with Crippen molar-refractivity contribution < 1.29 is 4.74 Å². The van der Waals surface area contributed by atoms with E-state index in [0.29, 0.717) is 0 Å². The molecule has 104 valence electrons. The smallest absolute Gasteiger partial charge is 0.125 e. The zero-order valence-electron chi connectivity index (χ0n) is 11.7. The highest BCUT2D eigenvalue weighted by atomic mass is 79.9. The predicted molar refractivity (Wildman–Crippen MR) is 83.7 cm³/mol. The van der Waals surface area contributed by atoms with Crippen molar-refractivity contribution in [2.45, 2.75) is 38.6 Å². The predicted octanol–water partition coefficient (Wildman–Crippen LogP) is 4.61. The Kier molecular flexibility index (Phi) is 5.46. The third kappa shape index (κ3) is 3.61. The summed E-state index contributed by atoms with van der Waals surface area (Å²) in [6, 6.07) is 6.58. The van der Waals surface area contributed by atoms with E-state index in [1.165, 1.54) is 36.8 Å². The molecule has 0 bridgehead atoms. The molecule has 1 aliphatic rings. The van der Waals surface area contributed by atoms with E-state index < -0.39 is 0 Å². The van der Waals surface area contributed by atoms with Crippen molar-refractivity contribution in [2.24, 2.45) is 0 Å². The first-order valence-electron chi connectivity index (χ1n) is 7.02. The van der Waals surface area contributed by atoms with Crippen molar-refractivity contribution in [3.8, 4) is 5.75 Å². The Hall–Kier alpha value is -0.800. The molecule has 1 aliphatic carbocycles. The number of benzene rings is 1. The topological polar surface area (TPSA) is 21.3 Å². The number of methoxy groups -OCH3 is 1. The highest BCUT2D eigenvalue weighted by molar-refractivity contribution is 9.10. The molecule has 0 aliphatic heterocycles. The van der Waals surface area contributed by atoms with Crippen LogP contribution in [0.4, 0.5) is 0 Å². The van der Waals surface area contributed by atoms with E-state index in [1.54, 1.807) is 7.11 Å². The third-order valence-corrected chi connectivity index (χ3v) is 4.10. The summed E-state index contributed by atoms with van der Waals surface area (Å²) in [6.45, 7) is 3.11. The lowest BCUT2D eigenvalue weighted by atomic mass is 9.89. The van der Waals surface area contributed by atoms with Gasteiger partial charge in [0, 0.05) is 10.0 Å². The maximum atomic E-state index is 5.55. The van der Waals surface area contributed by atoms with Crippen LogP contribution in [0.2, 0.25) is 0 Å². The fraction of sp³-hybridized carbons (Fsp3) is 0.500. The van der Waals surface area contributed by atoms with Crippen molar-refractivity contribution in [1.82, 2.24) is 5.32 Å². The number of rotatable bonds is 5. The summed E-state index contributed by atoms with van der Waals surface area (Å²) in [6.07, 6.45) is 7.41. The molecular weight excluding hydrogens is 302 g/mol. The molecule has 0 radical (unpaired) electrons. The Morgan fingerprint density at radius 3 is 2.84 bits per heavy atom. The standard InChI is InChI=1S/C16H22BrNO/c1-3-18-16(12-7-5-4-6-8-12)14-10-9-13(17)11-15(14)19-2/h7,9-11,16,18H,3-6,8H2,1-2H3. The van der Waals surface area contributed by atoms with Gasteiger partial charge in [0.15, 0.2) is 0 Å². The van der Waals surface area contributed by atoms with Gasteiger partial charge < -0.3 is 10.1 Å². The minimum absolute atomic E-state index is 0.286. The molecule has 1 atom stereocenters. The van der Waals surface area contributed by atoms with Gasteiger partial charge in [0.1, 0.15) is 5.75 Å². The Morgan fingerprint density at radius 1 is 1.37 bits per heavy atom. The molecule has 0 spiro atoms. The highest BCUT2D eigenvalue weighted by Gasteiger charge is 2.20. The highest BCUT2D eigenvalue weighted by Crippen LogP contribution is 2.35. The van der Waals surface area contributed by atoms with E-state index in [4.69, 9.17) is 4.74 Å². The van der Waals surface area contributed by atoms with Crippen LogP contribution in [-0.2, 0) is 0 Å². The molecule has 0 saturated carbocycles. The van der Waals surface area contributed by atoms with Crippen LogP contribution in [0.25, 0.3) is 0 Å². The van der Waals surface area contributed by atoms with Gasteiger partial charge in [-0.3, -0.25) is 0 Å². The van der Waals surface area contributed by atoms with Crippen LogP contribution in [0.15, 0.2) is 34.3 Å². The van der Waals surface area contributed by atoms with E-state index in [9.17, 15) is 0 Å². The van der Waals surface area contributed by atoms with Gasteiger partial charge in [0.25, 0.3) is 0 Å². The maximum absolute atomic E-state index is 5.55. The number of hydrogen-bond donors (Lipinski definition) is 1. The molecule has 0 amide bonds. The van der Waals surface area contributed by atoms with E-state index in [0.717, 1.165) is 16.8 Å². The molecule has 1 aromatic rings. The van der Waals surface area contributed by atoms with Crippen molar-refractivity contribution in [3.05, 3.63) is 39.9 Å². The third-order valence-electron chi connectivity index (χ3n) is 3.61. The Balaban J connectivity index is 2.35. The first-order chi connectivity index (χ1) is 9.26. The molecular formula is C16H22BrNO. The fourth-order valence-corrected chi connectivity index (χ4v) is 3.03. The summed E-state index contributed by atoms with van der Waals surface area (Å²) >= 11 is 3.51. The van der Waals surface area contributed by atoms with Crippen molar-refractivity contribution in [2.75, 3.05) is 13.7 Å². The molecule has 1 N–H and O–H groups in total. The lowest BCUT2D eigenvalue weighted by molar-refractivity contribution is 0.402. The molecule has 1 aromatic carbocycles. The van der Waals surface area contributed by atoms with Crippen LogP contribution < -0.4 is 10.1 Å². The first kappa shape index (κ1) is 14.6. The van der Waals surface area contributed by atoms with E-state index >= 15 is 0 Å². The molecule has 2 rings (SSSR count). The second-order valence-electron chi connectivity index (χ2n) is 4.90. The second kappa shape index (κ2) is 7.11. The number of ether oxygens (including phenoxy) is 1. The molecule has 0 saturated heterocycles. The number of nitrogens with one attached hydrogen (secondary N) is 1. The molecule has 1 unspecified atom stereocenters. The van der Waals surface area contributed by atoms with Crippen LogP contribution in [0.1, 0.15) is 44.2 Å². The fourth-order valence-electron chi connectivity index (χ4n) is 2.69. The Morgan fingerprint density at radius 2 is 2.21 bits per heavy atom. The summed E-state index contributed by atoms with van der Waals surface area (Å²) in [5.41, 5.74) is 2.74. The van der Waals surface area contributed by atoms with Gasteiger partial charge in [-0.2, -0.15) is 0 Å². The zero-order valence-corrected chi connectivity index (χ0v) is 13.3. The van der Waals surface area contributed by atoms with Crippen molar-refractivity contribution >= 4 is 15.9 Å². The van der Waals surface area contributed by atoms with Crippen LogP contribution in [0.3, 0.4) is 0 Å².